The number of aromatic nitrogens is 5. The van der Waals surface area contributed by atoms with Crippen LogP contribution in [0.2, 0.25) is 5.02 Å². The molecule has 0 aliphatic carbocycles. The molecule has 4 heterocycles. The molecule has 0 unspecified atom stereocenters. The number of halogens is 1. The molecule has 8 heteroatoms. The Kier molecular flexibility index (Phi) is 3.02. The third-order valence-corrected chi connectivity index (χ3v) is 3.89. The van der Waals surface area contributed by atoms with E-state index in [0.29, 0.717) is 22.3 Å². The Hall–Kier alpha value is -2.93. The van der Waals surface area contributed by atoms with Crippen molar-refractivity contribution < 1.29 is 4.74 Å². The zero-order valence-electron chi connectivity index (χ0n) is 12.1. The molecule has 0 fully saturated rings. The summed E-state index contributed by atoms with van der Waals surface area (Å²) >= 11 is 6.42. The number of anilines is 1. The van der Waals surface area contributed by atoms with Gasteiger partial charge in [0.05, 0.1) is 23.3 Å². The zero-order chi connectivity index (χ0) is 16.0. The van der Waals surface area contributed by atoms with Gasteiger partial charge in [-0.15, -0.1) is 0 Å². The van der Waals surface area contributed by atoms with Gasteiger partial charge in [0.2, 0.25) is 5.95 Å². The first-order valence-corrected chi connectivity index (χ1v) is 7.15. The van der Waals surface area contributed by atoms with E-state index in [4.69, 9.17) is 22.1 Å². The van der Waals surface area contributed by atoms with Gasteiger partial charge in [-0.05, 0) is 18.2 Å². The molecule has 4 rings (SSSR count). The van der Waals surface area contributed by atoms with Crippen molar-refractivity contribution in [3.63, 3.8) is 0 Å². The minimum atomic E-state index is 0.275. The molecule has 114 valence electrons. The summed E-state index contributed by atoms with van der Waals surface area (Å²) in [6.07, 6.45) is 4.90. The zero-order valence-corrected chi connectivity index (χ0v) is 12.8. The Morgan fingerprint density at radius 2 is 1.87 bits per heavy atom. The normalized spacial score (nSPS) is 11.2. The van der Waals surface area contributed by atoms with Gasteiger partial charge >= 0.3 is 6.01 Å². The van der Waals surface area contributed by atoms with E-state index < -0.39 is 0 Å². The third-order valence-electron chi connectivity index (χ3n) is 3.58. The number of rotatable bonds is 2. The lowest BCUT2D eigenvalue weighted by molar-refractivity contribution is 0.380. The van der Waals surface area contributed by atoms with Crippen molar-refractivity contribution in [1.82, 2.24) is 24.3 Å². The van der Waals surface area contributed by atoms with Gasteiger partial charge < -0.3 is 10.5 Å². The summed E-state index contributed by atoms with van der Waals surface area (Å²) in [6, 6.07) is 5.64. The lowest BCUT2D eigenvalue weighted by Gasteiger charge is -2.03. The van der Waals surface area contributed by atoms with E-state index in [1.54, 1.807) is 35.1 Å². The third kappa shape index (κ3) is 1.97. The van der Waals surface area contributed by atoms with Crippen LogP contribution in [-0.2, 0) is 0 Å². The van der Waals surface area contributed by atoms with Crippen molar-refractivity contribution in [1.29, 1.82) is 0 Å². The van der Waals surface area contributed by atoms with Gasteiger partial charge in [-0.2, -0.15) is 4.98 Å². The molecule has 0 aliphatic heterocycles. The highest BCUT2D eigenvalue weighted by molar-refractivity contribution is 6.37. The van der Waals surface area contributed by atoms with Crippen LogP contribution in [0.1, 0.15) is 0 Å². The van der Waals surface area contributed by atoms with Gasteiger partial charge in [-0.3, -0.25) is 4.40 Å². The molecular weight excluding hydrogens is 316 g/mol. The molecule has 4 aromatic heterocycles. The van der Waals surface area contributed by atoms with Crippen molar-refractivity contribution in [3.8, 4) is 17.3 Å². The van der Waals surface area contributed by atoms with E-state index in [0.717, 1.165) is 16.5 Å². The lowest BCUT2D eigenvalue weighted by Crippen LogP contribution is -1.99. The molecule has 4 aromatic rings. The van der Waals surface area contributed by atoms with Gasteiger partial charge in [0.15, 0.2) is 0 Å². The topological polar surface area (TPSA) is 91.2 Å². The first-order valence-electron chi connectivity index (χ1n) is 6.77. The van der Waals surface area contributed by atoms with Gasteiger partial charge in [0, 0.05) is 29.5 Å². The van der Waals surface area contributed by atoms with Crippen LogP contribution in [0.25, 0.3) is 27.8 Å². The fourth-order valence-corrected chi connectivity index (χ4v) is 2.89. The van der Waals surface area contributed by atoms with E-state index in [1.807, 2.05) is 6.07 Å². The van der Waals surface area contributed by atoms with Crippen LogP contribution in [-0.4, -0.2) is 31.4 Å². The average Bonchev–Trinajstić information content (AvgIpc) is 2.92. The first-order chi connectivity index (χ1) is 11.2. The average molecular weight is 327 g/mol. The fraction of sp³-hybridized carbons (Fsp3) is 0.0667. The minimum absolute atomic E-state index is 0.275. The predicted octanol–water partition coefficient (Wildman–Crippen LogP) is 2.58. The second-order valence-corrected chi connectivity index (χ2v) is 5.23. The molecule has 0 radical (unpaired) electrons. The van der Waals surface area contributed by atoms with Gasteiger partial charge in [-0.1, -0.05) is 11.6 Å². The Morgan fingerprint density at radius 3 is 2.70 bits per heavy atom. The maximum absolute atomic E-state index is 6.42. The lowest BCUT2D eigenvalue weighted by atomic mass is 10.1. The monoisotopic (exact) mass is 326 g/mol. The Balaban J connectivity index is 2.21. The second kappa shape index (κ2) is 5.06. The molecule has 0 amide bonds. The standard InChI is InChI=1S/C15H11ClN6O/c1-23-15-20-6-3-9(21-15)12-10-4-7-19-14(17)22(10)13-11(12)8(16)2-5-18-13/h2-7H,1H3,(H2,17,19). The van der Waals surface area contributed by atoms with Crippen LogP contribution < -0.4 is 10.5 Å². The van der Waals surface area contributed by atoms with Crippen molar-refractivity contribution in [2.45, 2.75) is 0 Å². The van der Waals surface area contributed by atoms with E-state index in [9.17, 15) is 0 Å². The van der Waals surface area contributed by atoms with Crippen LogP contribution in [0.15, 0.2) is 36.8 Å². The van der Waals surface area contributed by atoms with Gasteiger partial charge in [0.1, 0.15) is 5.65 Å². The number of nitrogens with zero attached hydrogens (tertiary/aromatic N) is 5. The molecular formula is C15H11ClN6O. The quantitative estimate of drug-likeness (QED) is 0.608. The van der Waals surface area contributed by atoms with Crippen molar-refractivity contribution in [2.75, 3.05) is 12.8 Å². The minimum Gasteiger partial charge on any atom is -0.467 e. The fourth-order valence-electron chi connectivity index (χ4n) is 2.65. The molecule has 2 N–H and O–H groups in total. The van der Waals surface area contributed by atoms with Crippen LogP contribution in [0.3, 0.4) is 0 Å². The summed E-state index contributed by atoms with van der Waals surface area (Å²) in [6.45, 7) is 0. The van der Waals surface area contributed by atoms with E-state index in [2.05, 4.69) is 19.9 Å². The first kappa shape index (κ1) is 13.7. The Morgan fingerprint density at radius 1 is 1.09 bits per heavy atom. The molecule has 7 nitrogen and oxygen atoms in total. The number of methoxy groups -OCH3 is 1. The number of ether oxygens (including phenoxy) is 1. The van der Waals surface area contributed by atoms with Crippen molar-refractivity contribution in [3.05, 3.63) is 41.8 Å². The smallest absolute Gasteiger partial charge is 0.316 e. The maximum Gasteiger partial charge on any atom is 0.316 e. The van der Waals surface area contributed by atoms with E-state index in [-0.39, 0.29) is 6.01 Å². The van der Waals surface area contributed by atoms with Gasteiger partial charge in [-0.25, -0.2) is 15.0 Å². The SMILES string of the molecule is COc1nccc(-c2c3c(Cl)ccnc3n3c(N)nccc23)n1. The van der Waals surface area contributed by atoms with Crippen LogP contribution in [0.5, 0.6) is 6.01 Å². The molecule has 0 aliphatic rings. The summed E-state index contributed by atoms with van der Waals surface area (Å²) in [7, 11) is 1.52. The predicted molar refractivity (Wildman–Crippen MR) is 87.5 cm³/mol. The van der Waals surface area contributed by atoms with Gasteiger partial charge in [0.25, 0.3) is 0 Å². The largest absolute Gasteiger partial charge is 0.467 e. The number of nitrogen functional groups attached to an aromatic ring is 1. The molecule has 0 spiro atoms. The number of hydrogen-bond acceptors (Lipinski definition) is 6. The highest BCUT2D eigenvalue weighted by Gasteiger charge is 2.20. The van der Waals surface area contributed by atoms with Crippen LogP contribution in [0.4, 0.5) is 5.95 Å². The van der Waals surface area contributed by atoms with Crippen molar-refractivity contribution >= 4 is 34.1 Å². The van der Waals surface area contributed by atoms with E-state index >= 15 is 0 Å². The molecule has 23 heavy (non-hydrogen) atoms. The van der Waals surface area contributed by atoms with Crippen LogP contribution >= 0.6 is 11.6 Å². The number of pyridine rings is 1. The summed E-state index contributed by atoms with van der Waals surface area (Å²) < 4.78 is 6.87. The number of fused-ring (bicyclic) bond motifs is 3. The Labute approximate surface area is 135 Å². The van der Waals surface area contributed by atoms with Crippen LogP contribution in [0, 0.1) is 0 Å². The maximum atomic E-state index is 6.42. The second-order valence-electron chi connectivity index (χ2n) is 4.82. The number of hydrogen-bond donors (Lipinski definition) is 1. The highest BCUT2D eigenvalue weighted by atomic mass is 35.5. The highest BCUT2D eigenvalue weighted by Crippen LogP contribution is 2.38. The molecule has 0 bridgehead atoms. The summed E-state index contributed by atoms with van der Waals surface area (Å²) in [5.74, 6) is 0.328. The molecule has 0 saturated heterocycles. The summed E-state index contributed by atoms with van der Waals surface area (Å²) in [5, 5.41) is 1.32. The summed E-state index contributed by atoms with van der Waals surface area (Å²) in [4.78, 5) is 17.0. The Bertz CT molecular complexity index is 1040. The molecule has 0 atom stereocenters. The molecule has 0 aromatic carbocycles. The van der Waals surface area contributed by atoms with Crippen molar-refractivity contribution in [2.24, 2.45) is 0 Å². The molecule has 0 saturated carbocycles. The summed E-state index contributed by atoms with van der Waals surface area (Å²) in [5.41, 5.74) is 8.96. The van der Waals surface area contributed by atoms with E-state index in [1.165, 1.54) is 7.11 Å². The number of nitrogens with two attached hydrogens (primary N) is 1.